The van der Waals surface area contributed by atoms with E-state index in [1.165, 1.54) is 27.3 Å². The number of carbonyl (C=O) groups is 1. The van der Waals surface area contributed by atoms with E-state index in [0.717, 1.165) is 29.0 Å². The number of aryl methyl sites for hydroxylation is 2. The maximum absolute atomic E-state index is 13.2. The predicted octanol–water partition coefficient (Wildman–Crippen LogP) is 4.86. The Balaban J connectivity index is 1.59. The Kier molecular flexibility index (Phi) is 6.83. The molecule has 3 aromatic rings. The van der Waals surface area contributed by atoms with Gasteiger partial charge in [-0.15, -0.1) is 11.3 Å². The van der Waals surface area contributed by atoms with Crippen molar-refractivity contribution in [2.24, 2.45) is 0 Å². The van der Waals surface area contributed by atoms with Crippen molar-refractivity contribution < 1.29 is 17.9 Å². The minimum absolute atomic E-state index is 0.0679. The van der Waals surface area contributed by atoms with Gasteiger partial charge in [0.25, 0.3) is 5.91 Å². The number of nitrogens with zero attached hydrogens (tertiary/aromatic N) is 2. The lowest BCUT2D eigenvalue weighted by Gasteiger charge is -2.19. The van der Waals surface area contributed by atoms with Gasteiger partial charge in [0.1, 0.15) is 21.3 Å². The summed E-state index contributed by atoms with van der Waals surface area (Å²) in [7, 11) is -3.71. The van der Waals surface area contributed by atoms with Gasteiger partial charge in [0, 0.05) is 29.7 Å². The van der Waals surface area contributed by atoms with Gasteiger partial charge in [0.05, 0.1) is 6.61 Å². The number of benzene rings is 2. The van der Waals surface area contributed by atoms with Crippen molar-refractivity contribution in [1.29, 1.82) is 0 Å². The van der Waals surface area contributed by atoms with Crippen molar-refractivity contribution in [2.45, 2.75) is 38.5 Å². The highest BCUT2D eigenvalue weighted by atomic mass is 32.2. The molecule has 0 radical (unpaired) electrons. The van der Waals surface area contributed by atoms with Crippen molar-refractivity contribution in [3.63, 3.8) is 0 Å². The molecule has 2 aromatic carbocycles. The van der Waals surface area contributed by atoms with Crippen molar-refractivity contribution in [3.05, 3.63) is 58.6 Å². The average Bonchev–Trinajstić information content (AvgIpc) is 3.48. The van der Waals surface area contributed by atoms with E-state index in [0.29, 0.717) is 25.4 Å². The van der Waals surface area contributed by atoms with Gasteiger partial charge in [-0.05, 0) is 57.4 Å². The smallest absolute Gasteiger partial charge is 0.275 e. The van der Waals surface area contributed by atoms with Gasteiger partial charge in [-0.2, -0.15) is 4.31 Å². The maximum atomic E-state index is 13.2. The van der Waals surface area contributed by atoms with Crippen LogP contribution in [0.15, 0.2) is 46.7 Å². The molecule has 4 rings (SSSR count). The molecule has 1 N–H and O–H groups in total. The Hall–Kier alpha value is -2.75. The molecule has 0 saturated carbocycles. The molecule has 0 spiro atoms. The third kappa shape index (κ3) is 4.95. The molecule has 1 aromatic heterocycles. The number of thiazole rings is 1. The zero-order valence-electron chi connectivity index (χ0n) is 18.9. The number of rotatable bonds is 7. The standard InChI is InChI=1S/C24H27N3O4S2/c1-4-31-21-10-8-18(14-22(21)33(29,30)27-11-5-6-12-27)25-23(28)20-15-32-24(26-20)19-9-7-16(2)13-17(19)3/h7-10,13-15H,4-6,11-12H2,1-3H3,(H,25,28). The molecule has 2 heterocycles. The molecule has 1 fully saturated rings. The summed E-state index contributed by atoms with van der Waals surface area (Å²) in [6.07, 6.45) is 1.68. The highest BCUT2D eigenvalue weighted by Gasteiger charge is 2.30. The van der Waals surface area contributed by atoms with Crippen molar-refractivity contribution >= 4 is 33.0 Å². The van der Waals surface area contributed by atoms with Gasteiger partial charge in [-0.25, -0.2) is 13.4 Å². The van der Waals surface area contributed by atoms with Crippen LogP contribution in [0.2, 0.25) is 0 Å². The first kappa shape index (κ1) is 23.4. The van der Waals surface area contributed by atoms with E-state index in [9.17, 15) is 13.2 Å². The Morgan fingerprint density at radius 2 is 1.91 bits per heavy atom. The number of anilines is 1. The van der Waals surface area contributed by atoms with E-state index in [4.69, 9.17) is 4.74 Å². The summed E-state index contributed by atoms with van der Waals surface area (Å²) in [5.41, 5.74) is 3.92. The largest absolute Gasteiger partial charge is 0.492 e. The normalized spacial score (nSPS) is 14.4. The Bertz CT molecular complexity index is 1280. The lowest BCUT2D eigenvalue weighted by molar-refractivity contribution is 0.102. The van der Waals surface area contributed by atoms with Crippen LogP contribution in [0.25, 0.3) is 10.6 Å². The summed E-state index contributed by atoms with van der Waals surface area (Å²) < 4.78 is 33.4. The molecule has 33 heavy (non-hydrogen) atoms. The molecular weight excluding hydrogens is 458 g/mol. The van der Waals surface area contributed by atoms with Crippen LogP contribution in [0.4, 0.5) is 5.69 Å². The highest BCUT2D eigenvalue weighted by molar-refractivity contribution is 7.89. The molecule has 1 aliphatic rings. The first-order valence-corrected chi connectivity index (χ1v) is 13.2. The third-order valence-corrected chi connectivity index (χ3v) is 8.33. The molecule has 0 bridgehead atoms. The molecule has 1 saturated heterocycles. The zero-order valence-corrected chi connectivity index (χ0v) is 20.6. The molecule has 0 unspecified atom stereocenters. The highest BCUT2D eigenvalue weighted by Crippen LogP contribution is 2.32. The summed E-state index contributed by atoms with van der Waals surface area (Å²) >= 11 is 1.40. The summed E-state index contributed by atoms with van der Waals surface area (Å²) in [6, 6.07) is 10.8. The van der Waals surface area contributed by atoms with Crippen LogP contribution in [0.1, 0.15) is 41.4 Å². The number of carbonyl (C=O) groups excluding carboxylic acids is 1. The first-order valence-electron chi connectivity index (χ1n) is 10.9. The van der Waals surface area contributed by atoms with Crippen LogP contribution in [0, 0.1) is 13.8 Å². The van der Waals surface area contributed by atoms with Crippen molar-refractivity contribution in [1.82, 2.24) is 9.29 Å². The van der Waals surface area contributed by atoms with Crippen molar-refractivity contribution in [3.8, 4) is 16.3 Å². The second-order valence-corrected chi connectivity index (χ2v) is 10.8. The molecule has 0 atom stereocenters. The topological polar surface area (TPSA) is 88.6 Å². The van der Waals surface area contributed by atoms with Crippen LogP contribution in [0.3, 0.4) is 0 Å². The predicted molar refractivity (Wildman–Crippen MR) is 131 cm³/mol. The average molecular weight is 486 g/mol. The molecule has 0 aliphatic carbocycles. The number of nitrogens with one attached hydrogen (secondary N) is 1. The molecule has 174 valence electrons. The van der Waals surface area contributed by atoms with Gasteiger partial charge < -0.3 is 10.1 Å². The molecule has 1 amide bonds. The quantitative estimate of drug-likeness (QED) is 0.516. The van der Waals surface area contributed by atoms with Crippen LogP contribution in [-0.4, -0.2) is 43.3 Å². The van der Waals surface area contributed by atoms with E-state index in [1.807, 2.05) is 26.0 Å². The lowest BCUT2D eigenvalue weighted by atomic mass is 10.1. The lowest BCUT2D eigenvalue weighted by Crippen LogP contribution is -2.28. The second-order valence-electron chi connectivity index (χ2n) is 8.02. The van der Waals surface area contributed by atoms with Crippen LogP contribution in [0.5, 0.6) is 5.75 Å². The SMILES string of the molecule is CCOc1ccc(NC(=O)c2csc(-c3ccc(C)cc3C)n2)cc1S(=O)(=O)N1CCCC1. The summed E-state index contributed by atoms with van der Waals surface area (Å²) in [6.45, 7) is 7.18. The second kappa shape index (κ2) is 9.62. The zero-order chi connectivity index (χ0) is 23.6. The maximum Gasteiger partial charge on any atom is 0.275 e. The van der Waals surface area contributed by atoms with Crippen LogP contribution < -0.4 is 10.1 Å². The number of sulfonamides is 1. The van der Waals surface area contributed by atoms with Gasteiger partial charge in [0.15, 0.2) is 0 Å². The fourth-order valence-corrected chi connectivity index (χ4v) is 6.44. The Morgan fingerprint density at radius 1 is 1.15 bits per heavy atom. The van der Waals surface area contributed by atoms with Crippen LogP contribution in [-0.2, 0) is 10.0 Å². The van der Waals surface area contributed by atoms with Crippen LogP contribution >= 0.6 is 11.3 Å². The molecule has 1 aliphatic heterocycles. The summed E-state index contributed by atoms with van der Waals surface area (Å²) in [5.74, 6) is -0.107. The fraction of sp³-hybridized carbons (Fsp3) is 0.333. The summed E-state index contributed by atoms with van der Waals surface area (Å²) in [4.78, 5) is 17.4. The summed E-state index contributed by atoms with van der Waals surface area (Å²) in [5, 5.41) is 5.26. The Labute approximate surface area is 198 Å². The van der Waals surface area contributed by atoms with E-state index in [-0.39, 0.29) is 16.3 Å². The molecule has 9 heteroatoms. The van der Waals surface area contributed by atoms with Gasteiger partial charge in [-0.1, -0.05) is 23.8 Å². The van der Waals surface area contributed by atoms with Gasteiger partial charge in [-0.3, -0.25) is 4.79 Å². The van der Waals surface area contributed by atoms with E-state index >= 15 is 0 Å². The number of ether oxygens (including phenoxy) is 1. The number of amides is 1. The first-order chi connectivity index (χ1) is 15.8. The molecular formula is C24H27N3O4S2. The van der Waals surface area contributed by atoms with E-state index < -0.39 is 15.9 Å². The molecule has 7 nitrogen and oxygen atoms in total. The number of hydrogen-bond acceptors (Lipinski definition) is 6. The van der Waals surface area contributed by atoms with E-state index in [2.05, 4.69) is 16.4 Å². The monoisotopic (exact) mass is 485 g/mol. The fourth-order valence-electron chi connectivity index (χ4n) is 3.88. The Morgan fingerprint density at radius 3 is 2.61 bits per heavy atom. The number of hydrogen-bond donors (Lipinski definition) is 1. The van der Waals surface area contributed by atoms with Gasteiger partial charge in [0.2, 0.25) is 10.0 Å². The van der Waals surface area contributed by atoms with E-state index in [1.54, 1.807) is 24.4 Å². The minimum atomic E-state index is -3.71. The minimum Gasteiger partial charge on any atom is -0.492 e. The van der Waals surface area contributed by atoms with Gasteiger partial charge >= 0.3 is 0 Å². The third-order valence-electron chi connectivity index (χ3n) is 5.53. The van der Waals surface area contributed by atoms with Crippen molar-refractivity contribution in [2.75, 3.05) is 25.0 Å². The number of aromatic nitrogens is 1.